The average Bonchev–Trinajstić information content (AvgIpc) is 3.16. The summed E-state index contributed by atoms with van der Waals surface area (Å²) in [6.45, 7) is 2.04. The lowest BCUT2D eigenvalue weighted by atomic mass is 10.2. The van der Waals surface area contributed by atoms with Crippen molar-refractivity contribution in [1.82, 2.24) is 24.2 Å². The first kappa shape index (κ1) is 19.1. The Hall–Kier alpha value is -4.65. The number of aryl methyl sites for hydroxylation is 1. The van der Waals surface area contributed by atoms with Crippen molar-refractivity contribution in [3.63, 3.8) is 0 Å². The minimum absolute atomic E-state index is 0.218. The van der Waals surface area contributed by atoms with E-state index < -0.39 is 0 Å². The van der Waals surface area contributed by atoms with Gasteiger partial charge in [-0.3, -0.25) is 9.36 Å². The fourth-order valence-electron chi connectivity index (χ4n) is 3.88. The number of rotatable bonds is 3. The van der Waals surface area contributed by atoms with Crippen LogP contribution in [0.3, 0.4) is 0 Å². The number of hydrogen-bond acceptors (Lipinski definition) is 5. The second kappa shape index (κ2) is 7.49. The van der Waals surface area contributed by atoms with Gasteiger partial charge in [0.2, 0.25) is 0 Å². The van der Waals surface area contributed by atoms with Crippen LogP contribution in [0.5, 0.6) is 0 Å². The molecule has 6 rings (SSSR count). The number of aromatic nitrogens is 5. The number of fused-ring (bicyclic) bond motifs is 4. The molecular weight excluding hydrogens is 412 g/mol. The van der Waals surface area contributed by atoms with Crippen molar-refractivity contribution in [2.24, 2.45) is 5.10 Å². The van der Waals surface area contributed by atoms with Crippen LogP contribution >= 0.6 is 0 Å². The highest BCUT2D eigenvalue weighted by Gasteiger charge is 2.20. The van der Waals surface area contributed by atoms with Gasteiger partial charge in [0.1, 0.15) is 17.2 Å². The molecule has 0 N–H and O–H groups in total. The first-order chi connectivity index (χ1) is 16.2. The molecule has 3 aromatic carbocycles. The average molecular weight is 430 g/mol. The first-order valence-corrected chi connectivity index (χ1v) is 10.5. The molecule has 3 heterocycles. The fourth-order valence-corrected chi connectivity index (χ4v) is 3.88. The van der Waals surface area contributed by atoms with Gasteiger partial charge >= 0.3 is 0 Å². The van der Waals surface area contributed by atoms with Gasteiger partial charge in [0, 0.05) is 0 Å². The third-order valence-corrected chi connectivity index (χ3v) is 5.58. The summed E-state index contributed by atoms with van der Waals surface area (Å²) < 4.78 is 3.12. The molecule has 0 aliphatic carbocycles. The summed E-state index contributed by atoms with van der Waals surface area (Å²) in [6.07, 6.45) is 3.26. The van der Waals surface area contributed by atoms with E-state index in [9.17, 15) is 4.79 Å². The van der Waals surface area contributed by atoms with Gasteiger partial charge in [-0.2, -0.15) is 9.78 Å². The minimum atomic E-state index is -0.218. The van der Waals surface area contributed by atoms with Crippen LogP contribution in [0.4, 0.5) is 0 Å². The highest BCUT2D eigenvalue weighted by molar-refractivity contribution is 6.05. The van der Waals surface area contributed by atoms with Gasteiger partial charge in [0.25, 0.3) is 5.56 Å². The Morgan fingerprint density at radius 1 is 0.818 bits per heavy atom. The molecule has 0 aliphatic heterocycles. The number of benzene rings is 3. The molecule has 33 heavy (non-hydrogen) atoms. The Kier molecular flexibility index (Phi) is 4.33. The Balaban J connectivity index is 1.67. The Labute approximate surface area is 188 Å². The van der Waals surface area contributed by atoms with Crippen molar-refractivity contribution >= 4 is 39.4 Å². The van der Waals surface area contributed by atoms with Gasteiger partial charge in [-0.15, -0.1) is 0 Å². The van der Waals surface area contributed by atoms with Crippen LogP contribution in [0.1, 0.15) is 11.1 Å². The summed E-state index contributed by atoms with van der Waals surface area (Å²) >= 11 is 0. The Morgan fingerprint density at radius 2 is 1.52 bits per heavy atom. The Bertz CT molecular complexity index is 1730. The lowest BCUT2D eigenvalue weighted by Gasteiger charge is -2.04. The minimum Gasteiger partial charge on any atom is -0.268 e. The van der Waals surface area contributed by atoms with Crippen molar-refractivity contribution in [3.05, 3.63) is 107 Å². The summed E-state index contributed by atoms with van der Waals surface area (Å²) in [4.78, 5) is 27.8. The van der Waals surface area contributed by atoms with Crippen LogP contribution in [0.25, 0.3) is 38.9 Å². The van der Waals surface area contributed by atoms with Crippen LogP contribution < -0.4 is 5.56 Å². The summed E-state index contributed by atoms with van der Waals surface area (Å²) in [5.41, 5.74) is 5.44. The van der Waals surface area contributed by atoms with Gasteiger partial charge in [0.15, 0.2) is 11.3 Å². The van der Waals surface area contributed by atoms with E-state index in [1.165, 1.54) is 16.5 Å². The van der Waals surface area contributed by atoms with Gasteiger partial charge in [-0.1, -0.05) is 60.2 Å². The van der Waals surface area contributed by atoms with E-state index in [-0.39, 0.29) is 5.56 Å². The van der Waals surface area contributed by atoms with Crippen molar-refractivity contribution in [2.45, 2.75) is 6.92 Å². The smallest absolute Gasteiger partial charge is 0.268 e. The third-order valence-electron chi connectivity index (χ3n) is 5.58. The van der Waals surface area contributed by atoms with Crippen molar-refractivity contribution in [1.29, 1.82) is 0 Å². The molecule has 0 aliphatic rings. The highest BCUT2D eigenvalue weighted by atomic mass is 16.1. The van der Waals surface area contributed by atoms with Gasteiger partial charge in [-0.05, 0) is 36.8 Å². The quantitative estimate of drug-likeness (QED) is 0.388. The molecule has 0 fully saturated rings. The van der Waals surface area contributed by atoms with E-state index in [2.05, 4.69) is 10.1 Å². The van der Waals surface area contributed by atoms with E-state index in [4.69, 9.17) is 9.97 Å². The molecule has 0 spiro atoms. The molecule has 158 valence electrons. The predicted octanol–water partition coefficient (Wildman–Crippen LogP) is 4.47. The van der Waals surface area contributed by atoms with Crippen molar-refractivity contribution < 1.29 is 0 Å². The van der Waals surface area contributed by atoms with E-state index >= 15 is 0 Å². The molecule has 7 heteroatoms. The zero-order valence-electron chi connectivity index (χ0n) is 17.8. The van der Waals surface area contributed by atoms with E-state index in [0.717, 1.165) is 16.8 Å². The largest absolute Gasteiger partial charge is 0.269 e. The SMILES string of the molecule is Cc1ccc(C=Nn2c3nc4ccccc4nc3c3c(=O)n(-c4ccccc4)cnc32)cc1. The molecular formula is C26H18N6O. The molecule has 0 saturated carbocycles. The van der Waals surface area contributed by atoms with Gasteiger partial charge in [0.05, 0.1) is 22.9 Å². The molecule has 0 bridgehead atoms. The molecule has 0 atom stereocenters. The summed E-state index contributed by atoms with van der Waals surface area (Å²) in [5.74, 6) is 0. The van der Waals surface area contributed by atoms with E-state index in [1.807, 2.05) is 85.8 Å². The van der Waals surface area contributed by atoms with Crippen LogP contribution in [0.15, 0.2) is 95.1 Å². The van der Waals surface area contributed by atoms with Crippen LogP contribution in [0.2, 0.25) is 0 Å². The second-order valence-electron chi connectivity index (χ2n) is 7.81. The summed E-state index contributed by atoms with van der Waals surface area (Å²) in [7, 11) is 0. The van der Waals surface area contributed by atoms with Gasteiger partial charge < -0.3 is 0 Å². The zero-order valence-corrected chi connectivity index (χ0v) is 17.8. The normalized spacial score (nSPS) is 11.8. The third kappa shape index (κ3) is 3.18. The molecule has 3 aromatic heterocycles. The van der Waals surface area contributed by atoms with Crippen LogP contribution in [-0.4, -0.2) is 30.4 Å². The van der Waals surface area contributed by atoms with Crippen LogP contribution in [0, 0.1) is 6.92 Å². The monoisotopic (exact) mass is 430 g/mol. The van der Waals surface area contributed by atoms with Crippen molar-refractivity contribution in [2.75, 3.05) is 0 Å². The van der Waals surface area contributed by atoms with Gasteiger partial charge in [-0.25, -0.2) is 15.0 Å². The standard InChI is InChI=1S/C26H18N6O/c1-17-11-13-18(14-12-17)15-28-32-24-22(23-25(32)30-21-10-6-5-9-20(21)29-23)26(33)31(16-27-24)19-7-3-2-4-8-19/h2-16H,1H3. The number of nitrogens with zero attached hydrogens (tertiary/aromatic N) is 6. The maximum Gasteiger partial charge on any atom is 0.269 e. The second-order valence-corrected chi connectivity index (χ2v) is 7.81. The maximum atomic E-state index is 13.6. The summed E-state index contributed by atoms with van der Waals surface area (Å²) in [5, 5.41) is 5.04. The van der Waals surface area contributed by atoms with E-state index in [1.54, 1.807) is 10.9 Å². The predicted molar refractivity (Wildman–Crippen MR) is 130 cm³/mol. The maximum absolute atomic E-state index is 13.6. The molecule has 0 saturated heterocycles. The van der Waals surface area contributed by atoms with Crippen molar-refractivity contribution in [3.8, 4) is 5.69 Å². The summed E-state index contributed by atoms with van der Waals surface area (Å²) in [6, 6.07) is 25.0. The lowest BCUT2D eigenvalue weighted by Crippen LogP contribution is -2.18. The molecule has 0 unspecified atom stereocenters. The lowest BCUT2D eigenvalue weighted by molar-refractivity contribution is 0.906. The first-order valence-electron chi connectivity index (χ1n) is 10.5. The number of hydrogen-bond donors (Lipinski definition) is 0. The molecule has 6 aromatic rings. The molecule has 0 radical (unpaired) electrons. The Morgan fingerprint density at radius 3 is 2.27 bits per heavy atom. The molecule has 7 nitrogen and oxygen atoms in total. The zero-order chi connectivity index (χ0) is 22.4. The van der Waals surface area contributed by atoms with Crippen LogP contribution in [-0.2, 0) is 0 Å². The number of para-hydroxylation sites is 3. The molecule has 0 amide bonds. The fraction of sp³-hybridized carbons (Fsp3) is 0.0385. The highest BCUT2D eigenvalue weighted by Crippen LogP contribution is 2.25. The topological polar surface area (TPSA) is 78.0 Å². The van der Waals surface area contributed by atoms with E-state index in [0.29, 0.717) is 27.7 Å².